The van der Waals surface area contributed by atoms with Gasteiger partial charge in [0.1, 0.15) is 5.82 Å². The smallest absolute Gasteiger partial charge is 0.319 e. The summed E-state index contributed by atoms with van der Waals surface area (Å²) in [6.07, 6.45) is 0. The molecule has 5 heteroatoms. The number of benzene rings is 1. The largest absolute Gasteiger partial charge is 0.336 e. The Bertz CT molecular complexity index is 368. The molecule has 2 amide bonds. The maximum atomic E-state index is 13.3. The van der Waals surface area contributed by atoms with Gasteiger partial charge in [0, 0.05) is 9.61 Å². The van der Waals surface area contributed by atoms with Gasteiger partial charge in [-0.2, -0.15) is 0 Å². The molecule has 0 aliphatic heterocycles. The number of hydrogen-bond acceptors (Lipinski definition) is 1. The second-order valence-corrected chi connectivity index (χ2v) is 4.62. The number of rotatable bonds is 2. The summed E-state index contributed by atoms with van der Waals surface area (Å²) in [6, 6.07) is 4.26. The average molecular weight is 322 g/mol. The number of nitrogens with one attached hydrogen (secondary N) is 2. The summed E-state index contributed by atoms with van der Waals surface area (Å²) >= 11 is 2.01. The zero-order valence-electron chi connectivity index (χ0n) is 8.47. The lowest BCUT2D eigenvalue weighted by molar-refractivity contribution is 0.250. The Morgan fingerprint density at radius 1 is 1.47 bits per heavy atom. The van der Waals surface area contributed by atoms with E-state index in [2.05, 4.69) is 10.6 Å². The summed E-state index contributed by atoms with van der Waals surface area (Å²) in [5, 5.41) is 5.05. The first kappa shape index (κ1) is 12.2. The fraction of sp³-hybridized carbons (Fsp3) is 0.300. The minimum atomic E-state index is -0.430. The second-order valence-electron chi connectivity index (χ2n) is 3.38. The molecule has 2 N–H and O–H groups in total. The molecule has 1 aromatic rings. The Balaban J connectivity index is 2.68. The van der Waals surface area contributed by atoms with E-state index in [-0.39, 0.29) is 11.7 Å². The van der Waals surface area contributed by atoms with Crippen LogP contribution in [0.15, 0.2) is 18.2 Å². The van der Waals surface area contributed by atoms with Crippen LogP contribution in [-0.4, -0.2) is 12.1 Å². The van der Waals surface area contributed by atoms with Crippen LogP contribution in [0.2, 0.25) is 0 Å². The Hall–Kier alpha value is -0.850. The van der Waals surface area contributed by atoms with Crippen molar-refractivity contribution in [1.29, 1.82) is 0 Å². The summed E-state index contributed by atoms with van der Waals surface area (Å²) in [5.41, 5.74) is 0.188. The molecule has 0 unspecified atom stereocenters. The van der Waals surface area contributed by atoms with Crippen LogP contribution < -0.4 is 10.6 Å². The lowest BCUT2D eigenvalue weighted by Gasteiger charge is -2.10. The molecule has 0 saturated carbocycles. The van der Waals surface area contributed by atoms with Gasteiger partial charge in [0.05, 0.1) is 5.69 Å². The summed E-state index contributed by atoms with van der Waals surface area (Å²) in [4.78, 5) is 11.3. The van der Waals surface area contributed by atoms with Crippen molar-refractivity contribution in [2.24, 2.45) is 0 Å². The highest BCUT2D eigenvalue weighted by atomic mass is 127. The van der Waals surface area contributed by atoms with E-state index in [9.17, 15) is 9.18 Å². The molecule has 0 aromatic heterocycles. The van der Waals surface area contributed by atoms with E-state index in [1.165, 1.54) is 12.1 Å². The highest BCUT2D eigenvalue weighted by Gasteiger charge is 2.07. The van der Waals surface area contributed by atoms with E-state index in [1.54, 1.807) is 6.07 Å². The van der Waals surface area contributed by atoms with Crippen LogP contribution in [-0.2, 0) is 0 Å². The molecule has 0 saturated heterocycles. The molecule has 0 atom stereocenters. The van der Waals surface area contributed by atoms with Crippen LogP contribution in [0.25, 0.3) is 0 Å². The predicted molar refractivity (Wildman–Crippen MR) is 66.4 cm³/mol. The highest BCUT2D eigenvalue weighted by Crippen LogP contribution is 2.16. The Labute approximate surface area is 102 Å². The predicted octanol–water partition coefficient (Wildman–Crippen LogP) is 2.96. The zero-order chi connectivity index (χ0) is 11.4. The van der Waals surface area contributed by atoms with E-state index in [4.69, 9.17) is 0 Å². The van der Waals surface area contributed by atoms with Gasteiger partial charge in [-0.3, -0.25) is 0 Å². The van der Waals surface area contributed by atoms with Gasteiger partial charge in [0.25, 0.3) is 0 Å². The van der Waals surface area contributed by atoms with Crippen LogP contribution in [0.5, 0.6) is 0 Å². The van der Waals surface area contributed by atoms with E-state index in [0.29, 0.717) is 0 Å². The molecular weight excluding hydrogens is 310 g/mol. The fourth-order valence-corrected chi connectivity index (χ4v) is 1.46. The van der Waals surface area contributed by atoms with Crippen molar-refractivity contribution in [2.45, 2.75) is 19.9 Å². The topological polar surface area (TPSA) is 41.1 Å². The Morgan fingerprint density at radius 3 is 2.67 bits per heavy atom. The average Bonchev–Trinajstić information content (AvgIpc) is 2.08. The normalized spacial score (nSPS) is 10.2. The number of hydrogen-bond donors (Lipinski definition) is 2. The van der Waals surface area contributed by atoms with Crippen molar-refractivity contribution in [1.82, 2.24) is 5.32 Å². The van der Waals surface area contributed by atoms with Crippen molar-refractivity contribution < 1.29 is 9.18 Å². The first-order chi connectivity index (χ1) is 6.99. The van der Waals surface area contributed by atoms with Crippen LogP contribution in [0.4, 0.5) is 14.9 Å². The Kier molecular flexibility index (Phi) is 4.31. The molecule has 0 spiro atoms. The molecule has 0 aliphatic rings. The molecule has 82 valence electrons. The summed E-state index contributed by atoms with van der Waals surface area (Å²) in [5.74, 6) is -0.430. The quantitative estimate of drug-likeness (QED) is 0.808. The second kappa shape index (κ2) is 5.29. The maximum absolute atomic E-state index is 13.3. The third kappa shape index (κ3) is 4.03. The van der Waals surface area contributed by atoms with Crippen LogP contribution in [0.3, 0.4) is 0 Å². The number of carbonyl (C=O) groups excluding carboxylic acids is 1. The summed E-state index contributed by atoms with van der Waals surface area (Å²) < 4.78 is 14.1. The van der Waals surface area contributed by atoms with Crippen molar-refractivity contribution >= 4 is 34.3 Å². The number of halogens is 2. The molecule has 1 rings (SSSR count). The number of carbonyl (C=O) groups is 1. The van der Waals surface area contributed by atoms with E-state index in [0.717, 1.165) is 3.57 Å². The van der Waals surface area contributed by atoms with E-state index >= 15 is 0 Å². The lowest BCUT2D eigenvalue weighted by Crippen LogP contribution is -2.34. The molecule has 15 heavy (non-hydrogen) atoms. The van der Waals surface area contributed by atoms with Crippen molar-refractivity contribution in [3.8, 4) is 0 Å². The van der Waals surface area contributed by atoms with Gasteiger partial charge in [0.2, 0.25) is 0 Å². The first-order valence-corrected chi connectivity index (χ1v) is 5.59. The summed E-state index contributed by atoms with van der Waals surface area (Å²) in [7, 11) is 0. The SMILES string of the molecule is CC(C)NC(=O)Nc1ccc(I)cc1F. The van der Waals surface area contributed by atoms with Crippen LogP contribution in [0, 0.1) is 9.39 Å². The molecular formula is C10H12FIN2O. The van der Waals surface area contributed by atoms with Crippen LogP contribution >= 0.6 is 22.6 Å². The third-order valence-corrected chi connectivity index (χ3v) is 2.27. The third-order valence-electron chi connectivity index (χ3n) is 1.60. The van der Waals surface area contributed by atoms with Crippen molar-refractivity contribution in [3.63, 3.8) is 0 Å². The number of anilines is 1. The van der Waals surface area contributed by atoms with E-state index in [1.807, 2.05) is 36.4 Å². The van der Waals surface area contributed by atoms with E-state index < -0.39 is 11.8 Å². The lowest BCUT2D eigenvalue weighted by atomic mass is 10.3. The van der Waals surface area contributed by atoms with Gasteiger partial charge in [-0.1, -0.05) is 0 Å². The standard InChI is InChI=1S/C10H12FIN2O/c1-6(2)13-10(15)14-9-4-3-7(12)5-8(9)11/h3-6H,1-2H3,(H2,13,14,15). The zero-order valence-corrected chi connectivity index (χ0v) is 10.6. The molecule has 3 nitrogen and oxygen atoms in total. The highest BCUT2D eigenvalue weighted by molar-refractivity contribution is 14.1. The van der Waals surface area contributed by atoms with Gasteiger partial charge < -0.3 is 10.6 Å². The van der Waals surface area contributed by atoms with Gasteiger partial charge in [-0.25, -0.2) is 9.18 Å². The number of amides is 2. The fourth-order valence-electron chi connectivity index (χ4n) is 1.01. The van der Waals surface area contributed by atoms with Crippen molar-refractivity contribution in [3.05, 3.63) is 27.6 Å². The minimum Gasteiger partial charge on any atom is -0.336 e. The Morgan fingerprint density at radius 2 is 2.13 bits per heavy atom. The van der Waals surface area contributed by atoms with Gasteiger partial charge in [-0.05, 0) is 54.6 Å². The minimum absolute atomic E-state index is 0.0249. The molecule has 0 aliphatic carbocycles. The van der Waals surface area contributed by atoms with Gasteiger partial charge >= 0.3 is 6.03 Å². The monoisotopic (exact) mass is 322 g/mol. The molecule has 0 radical (unpaired) electrons. The van der Waals surface area contributed by atoms with Gasteiger partial charge in [-0.15, -0.1) is 0 Å². The molecule has 0 heterocycles. The first-order valence-electron chi connectivity index (χ1n) is 4.51. The van der Waals surface area contributed by atoms with Crippen molar-refractivity contribution in [2.75, 3.05) is 5.32 Å². The molecule has 0 bridgehead atoms. The number of urea groups is 1. The maximum Gasteiger partial charge on any atom is 0.319 e. The summed E-state index contributed by atoms with van der Waals surface area (Å²) in [6.45, 7) is 3.67. The molecule has 1 aromatic carbocycles. The molecule has 0 fully saturated rings. The van der Waals surface area contributed by atoms with Gasteiger partial charge in [0.15, 0.2) is 0 Å². The van der Waals surface area contributed by atoms with Crippen LogP contribution in [0.1, 0.15) is 13.8 Å².